The zero-order valence-electron chi connectivity index (χ0n) is 6.47. The van der Waals surface area contributed by atoms with E-state index in [4.69, 9.17) is 5.11 Å². The second-order valence-corrected chi connectivity index (χ2v) is 3.04. The van der Waals surface area contributed by atoms with E-state index in [-0.39, 0.29) is 0 Å². The van der Waals surface area contributed by atoms with Crippen LogP contribution in [0.2, 0.25) is 0 Å². The Labute approximate surface area is 69.0 Å². The van der Waals surface area contributed by atoms with E-state index >= 15 is 0 Å². The predicted octanol–water partition coefficient (Wildman–Crippen LogP) is 0.242. The summed E-state index contributed by atoms with van der Waals surface area (Å²) in [4.78, 5) is 10.9. The Balaban J connectivity index is 2.35. The standard InChI is InChI=1S/C7H9N3O2/c11-6(12)7(2-1-3-7)10-5-4-8-9-10/h4-5H,1-3H2,(H,11,12). The van der Waals surface area contributed by atoms with Gasteiger partial charge < -0.3 is 5.11 Å². The molecule has 1 aromatic heterocycles. The molecular weight excluding hydrogens is 158 g/mol. The molecule has 12 heavy (non-hydrogen) atoms. The lowest BCUT2D eigenvalue weighted by Crippen LogP contribution is -2.48. The van der Waals surface area contributed by atoms with Crippen LogP contribution < -0.4 is 0 Å². The number of carbonyl (C=O) groups is 1. The molecule has 64 valence electrons. The summed E-state index contributed by atoms with van der Waals surface area (Å²) in [5.41, 5.74) is -0.795. The maximum absolute atomic E-state index is 10.9. The average molecular weight is 167 g/mol. The highest BCUT2D eigenvalue weighted by Crippen LogP contribution is 2.38. The second kappa shape index (κ2) is 2.30. The molecule has 0 aliphatic heterocycles. The molecule has 0 aromatic carbocycles. The third-order valence-electron chi connectivity index (χ3n) is 2.44. The summed E-state index contributed by atoms with van der Waals surface area (Å²) in [5, 5.41) is 16.3. The maximum Gasteiger partial charge on any atom is 0.331 e. The van der Waals surface area contributed by atoms with Gasteiger partial charge in [-0.15, -0.1) is 5.10 Å². The predicted molar refractivity (Wildman–Crippen MR) is 39.5 cm³/mol. The lowest BCUT2D eigenvalue weighted by Gasteiger charge is -2.36. The van der Waals surface area contributed by atoms with Gasteiger partial charge in [-0.05, 0) is 19.3 Å². The molecule has 5 nitrogen and oxygen atoms in total. The number of aromatic nitrogens is 3. The number of hydrogen-bond acceptors (Lipinski definition) is 3. The van der Waals surface area contributed by atoms with Gasteiger partial charge in [0.25, 0.3) is 0 Å². The van der Waals surface area contributed by atoms with Crippen LogP contribution in [0, 0.1) is 0 Å². The maximum atomic E-state index is 10.9. The fraction of sp³-hybridized carbons (Fsp3) is 0.571. The monoisotopic (exact) mass is 167 g/mol. The number of carboxylic acid groups (broad SMARTS) is 1. The molecule has 1 saturated carbocycles. The van der Waals surface area contributed by atoms with Crippen LogP contribution in [-0.2, 0) is 10.3 Å². The fourth-order valence-corrected chi connectivity index (χ4v) is 1.49. The molecule has 1 aliphatic carbocycles. The summed E-state index contributed by atoms with van der Waals surface area (Å²) in [5.74, 6) is -0.806. The first kappa shape index (κ1) is 7.27. The fourth-order valence-electron chi connectivity index (χ4n) is 1.49. The van der Waals surface area contributed by atoms with E-state index in [1.54, 1.807) is 6.20 Å². The first-order valence-electron chi connectivity index (χ1n) is 3.86. The summed E-state index contributed by atoms with van der Waals surface area (Å²) in [6.45, 7) is 0. The quantitative estimate of drug-likeness (QED) is 0.685. The van der Waals surface area contributed by atoms with Gasteiger partial charge in [0.05, 0.1) is 6.20 Å². The van der Waals surface area contributed by atoms with Crippen molar-refractivity contribution in [3.63, 3.8) is 0 Å². The van der Waals surface area contributed by atoms with E-state index in [0.29, 0.717) is 12.8 Å². The lowest BCUT2D eigenvalue weighted by atomic mass is 9.77. The van der Waals surface area contributed by atoms with Gasteiger partial charge in [-0.25, -0.2) is 9.48 Å². The second-order valence-electron chi connectivity index (χ2n) is 3.04. The summed E-state index contributed by atoms with van der Waals surface area (Å²) in [6.07, 6.45) is 5.37. The highest BCUT2D eigenvalue weighted by molar-refractivity contribution is 5.77. The Kier molecular flexibility index (Phi) is 1.39. The highest BCUT2D eigenvalue weighted by atomic mass is 16.4. The molecule has 0 radical (unpaired) electrons. The summed E-state index contributed by atoms with van der Waals surface area (Å²) in [7, 11) is 0. The number of hydrogen-bond donors (Lipinski definition) is 1. The van der Waals surface area contributed by atoms with Crippen molar-refractivity contribution in [1.82, 2.24) is 15.0 Å². The minimum Gasteiger partial charge on any atom is -0.479 e. The van der Waals surface area contributed by atoms with Gasteiger partial charge in [-0.3, -0.25) is 0 Å². The van der Waals surface area contributed by atoms with Crippen LogP contribution in [0.1, 0.15) is 19.3 Å². The van der Waals surface area contributed by atoms with Gasteiger partial charge in [0.15, 0.2) is 5.54 Å². The first-order valence-corrected chi connectivity index (χ1v) is 3.86. The molecule has 0 saturated heterocycles. The van der Waals surface area contributed by atoms with E-state index in [0.717, 1.165) is 6.42 Å². The van der Waals surface area contributed by atoms with Crippen molar-refractivity contribution < 1.29 is 9.90 Å². The van der Waals surface area contributed by atoms with Crippen LogP contribution in [0.25, 0.3) is 0 Å². The Bertz CT molecular complexity index is 290. The van der Waals surface area contributed by atoms with Gasteiger partial charge in [-0.1, -0.05) is 5.21 Å². The molecule has 0 bridgehead atoms. The molecule has 0 unspecified atom stereocenters. The van der Waals surface area contributed by atoms with E-state index in [1.165, 1.54) is 10.9 Å². The van der Waals surface area contributed by atoms with Crippen LogP contribution in [0.3, 0.4) is 0 Å². The molecular formula is C7H9N3O2. The summed E-state index contributed by atoms with van der Waals surface area (Å²) < 4.78 is 1.44. The summed E-state index contributed by atoms with van der Waals surface area (Å²) >= 11 is 0. The van der Waals surface area contributed by atoms with Gasteiger partial charge in [-0.2, -0.15) is 0 Å². The normalized spacial score (nSPS) is 20.0. The Morgan fingerprint density at radius 3 is 2.67 bits per heavy atom. The lowest BCUT2D eigenvalue weighted by molar-refractivity contribution is -0.153. The van der Waals surface area contributed by atoms with Crippen molar-refractivity contribution in [3.8, 4) is 0 Å². The van der Waals surface area contributed by atoms with Gasteiger partial charge in [0.1, 0.15) is 0 Å². The third-order valence-corrected chi connectivity index (χ3v) is 2.44. The van der Waals surface area contributed by atoms with Gasteiger partial charge >= 0.3 is 5.97 Å². The topological polar surface area (TPSA) is 68.0 Å². The van der Waals surface area contributed by atoms with E-state index in [2.05, 4.69) is 10.3 Å². The molecule has 1 N–H and O–H groups in total. The molecule has 0 atom stereocenters. The molecule has 1 aliphatic rings. The molecule has 0 spiro atoms. The van der Waals surface area contributed by atoms with E-state index in [9.17, 15) is 4.79 Å². The van der Waals surface area contributed by atoms with Gasteiger partial charge in [0, 0.05) is 6.20 Å². The Hall–Kier alpha value is -1.39. The minimum absolute atomic E-state index is 0.658. The smallest absolute Gasteiger partial charge is 0.331 e. The van der Waals surface area contributed by atoms with Crippen LogP contribution >= 0.6 is 0 Å². The molecule has 5 heteroatoms. The first-order chi connectivity index (χ1) is 5.76. The number of carboxylic acids is 1. The van der Waals surface area contributed by atoms with E-state index in [1.807, 2.05) is 0 Å². The SMILES string of the molecule is O=C(O)C1(n2ccnn2)CCC1. The van der Waals surface area contributed by atoms with Crippen molar-refractivity contribution in [3.05, 3.63) is 12.4 Å². The Morgan fingerprint density at radius 1 is 1.58 bits per heavy atom. The number of rotatable bonds is 2. The van der Waals surface area contributed by atoms with Crippen LogP contribution in [0.5, 0.6) is 0 Å². The van der Waals surface area contributed by atoms with Crippen molar-refractivity contribution in [1.29, 1.82) is 0 Å². The van der Waals surface area contributed by atoms with E-state index < -0.39 is 11.5 Å². The van der Waals surface area contributed by atoms with Crippen molar-refractivity contribution in [2.45, 2.75) is 24.8 Å². The minimum atomic E-state index is -0.806. The molecule has 0 amide bonds. The van der Waals surface area contributed by atoms with Gasteiger partial charge in [0.2, 0.25) is 0 Å². The third kappa shape index (κ3) is 0.760. The van der Waals surface area contributed by atoms with Crippen molar-refractivity contribution in [2.75, 3.05) is 0 Å². The number of aliphatic carboxylic acids is 1. The average Bonchev–Trinajstić information content (AvgIpc) is 2.35. The highest BCUT2D eigenvalue weighted by Gasteiger charge is 2.47. The molecule has 2 rings (SSSR count). The molecule has 1 aromatic rings. The van der Waals surface area contributed by atoms with Crippen LogP contribution in [-0.4, -0.2) is 26.1 Å². The summed E-state index contributed by atoms with van der Waals surface area (Å²) in [6, 6.07) is 0. The van der Waals surface area contributed by atoms with Crippen molar-refractivity contribution in [2.24, 2.45) is 0 Å². The largest absolute Gasteiger partial charge is 0.479 e. The van der Waals surface area contributed by atoms with Crippen LogP contribution in [0.4, 0.5) is 0 Å². The zero-order chi connectivity index (χ0) is 8.60. The number of nitrogens with zero attached hydrogens (tertiary/aromatic N) is 3. The molecule has 1 heterocycles. The van der Waals surface area contributed by atoms with Crippen LogP contribution in [0.15, 0.2) is 12.4 Å². The zero-order valence-corrected chi connectivity index (χ0v) is 6.47. The molecule has 1 fully saturated rings. The van der Waals surface area contributed by atoms with Crippen molar-refractivity contribution >= 4 is 5.97 Å². The Morgan fingerprint density at radius 2 is 2.33 bits per heavy atom.